The van der Waals surface area contributed by atoms with Gasteiger partial charge < -0.3 is 4.90 Å². The van der Waals surface area contributed by atoms with E-state index < -0.39 is 10.0 Å². The summed E-state index contributed by atoms with van der Waals surface area (Å²) in [5.41, 5.74) is 1.67. The summed E-state index contributed by atoms with van der Waals surface area (Å²) in [4.78, 5) is 14.5. The maximum Gasteiger partial charge on any atom is 0.253 e. The molecule has 1 amide bonds. The predicted molar refractivity (Wildman–Crippen MR) is 118 cm³/mol. The van der Waals surface area contributed by atoms with E-state index in [1.165, 1.54) is 22.0 Å². The minimum absolute atomic E-state index is 0.0377. The molecule has 5 nitrogen and oxygen atoms in total. The van der Waals surface area contributed by atoms with Crippen LogP contribution in [0.2, 0.25) is 5.02 Å². The van der Waals surface area contributed by atoms with Crippen molar-refractivity contribution in [1.82, 2.24) is 9.21 Å². The van der Waals surface area contributed by atoms with Gasteiger partial charge in [-0.3, -0.25) is 4.79 Å². The molecular weight excluding hydrogens is 420 g/mol. The van der Waals surface area contributed by atoms with E-state index >= 15 is 0 Å². The van der Waals surface area contributed by atoms with Gasteiger partial charge in [-0.05, 0) is 61.8 Å². The average Bonchev–Trinajstić information content (AvgIpc) is 3.29. The summed E-state index contributed by atoms with van der Waals surface area (Å²) in [7, 11) is -3.74. The van der Waals surface area contributed by atoms with Crippen molar-refractivity contribution < 1.29 is 13.2 Å². The fourth-order valence-electron chi connectivity index (χ4n) is 4.38. The van der Waals surface area contributed by atoms with E-state index in [2.05, 4.69) is 12.1 Å². The summed E-state index contributed by atoms with van der Waals surface area (Å²) in [5, 5.41) is 0.166. The zero-order valence-electron chi connectivity index (χ0n) is 17.0. The molecule has 7 heteroatoms. The number of carbonyl (C=O) groups is 1. The molecule has 0 aliphatic carbocycles. The lowest BCUT2D eigenvalue weighted by atomic mass is 9.91. The van der Waals surface area contributed by atoms with Crippen LogP contribution in [0.5, 0.6) is 0 Å². The molecule has 160 valence electrons. The molecule has 0 N–H and O–H groups in total. The molecule has 0 aromatic heterocycles. The highest BCUT2D eigenvalue weighted by atomic mass is 35.5. The summed E-state index contributed by atoms with van der Waals surface area (Å²) in [5.74, 6) is 0.347. The van der Waals surface area contributed by atoms with E-state index in [9.17, 15) is 13.2 Å². The Morgan fingerprint density at radius 2 is 1.63 bits per heavy atom. The first kappa shape index (κ1) is 21.3. The number of hydrogen-bond acceptors (Lipinski definition) is 3. The second-order valence-electron chi connectivity index (χ2n) is 8.18. The number of nitrogens with zero attached hydrogens (tertiary/aromatic N) is 2. The average molecular weight is 447 g/mol. The summed E-state index contributed by atoms with van der Waals surface area (Å²) < 4.78 is 28.1. The van der Waals surface area contributed by atoms with Gasteiger partial charge in [-0.15, -0.1) is 0 Å². The number of piperidine rings is 1. The van der Waals surface area contributed by atoms with Gasteiger partial charge in [-0.2, -0.15) is 4.31 Å². The summed E-state index contributed by atoms with van der Waals surface area (Å²) in [6, 6.07) is 14.9. The number of halogens is 1. The van der Waals surface area contributed by atoms with E-state index in [0.29, 0.717) is 24.6 Å². The van der Waals surface area contributed by atoms with Gasteiger partial charge in [-0.1, -0.05) is 41.9 Å². The Hall–Kier alpha value is -1.89. The van der Waals surface area contributed by atoms with E-state index in [-0.39, 0.29) is 15.8 Å². The van der Waals surface area contributed by atoms with Gasteiger partial charge >= 0.3 is 0 Å². The maximum absolute atomic E-state index is 13.3. The van der Waals surface area contributed by atoms with Gasteiger partial charge in [0.1, 0.15) is 4.90 Å². The Morgan fingerprint density at radius 1 is 0.967 bits per heavy atom. The summed E-state index contributed by atoms with van der Waals surface area (Å²) in [6.07, 6.45) is 4.58. The van der Waals surface area contributed by atoms with E-state index in [1.807, 2.05) is 18.2 Å². The number of rotatable bonds is 5. The number of amides is 1. The van der Waals surface area contributed by atoms with Crippen LogP contribution >= 0.6 is 11.6 Å². The molecule has 2 heterocycles. The van der Waals surface area contributed by atoms with Crippen LogP contribution in [0.4, 0.5) is 0 Å². The van der Waals surface area contributed by atoms with Gasteiger partial charge in [0.25, 0.3) is 5.91 Å². The van der Waals surface area contributed by atoms with Gasteiger partial charge in [0.05, 0.1) is 5.02 Å². The normalized spacial score (nSPS) is 18.6. The number of sulfonamides is 1. The van der Waals surface area contributed by atoms with Gasteiger partial charge in [0.15, 0.2) is 0 Å². The minimum Gasteiger partial charge on any atom is -0.339 e. The molecule has 2 aromatic rings. The SMILES string of the molecule is O=C(c1ccc(Cl)c(S(=O)(=O)N2CCC(Cc3ccccc3)CC2)c1)N1CCCC1. The van der Waals surface area contributed by atoms with Crippen molar-refractivity contribution >= 4 is 27.5 Å². The van der Waals surface area contributed by atoms with Crippen LogP contribution in [-0.2, 0) is 16.4 Å². The molecule has 0 unspecified atom stereocenters. The first-order valence-electron chi connectivity index (χ1n) is 10.6. The Morgan fingerprint density at radius 3 is 2.30 bits per heavy atom. The standard InChI is InChI=1S/C23H27ClN2O3S/c24-21-9-8-20(23(27)25-12-4-5-13-25)17-22(21)30(28,29)26-14-10-19(11-15-26)16-18-6-2-1-3-7-18/h1-3,6-9,17,19H,4-5,10-16H2. The highest BCUT2D eigenvalue weighted by Crippen LogP contribution is 2.30. The topological polar surface area (TPSA) is 57.7 Å². The third-order valence-electron chi connectivity index (χ3n) is 6.13. The lowest BCUT2D eigenvalue weighted by Crippen LogP contribution is -2.39. The molecule has 2 aliphatic rings. The highest BCUT2D eigenvalue weighted by Gasteiger charge is 2.32. The molecule has 4 rings (SSSR count). The fraction of sp³-hybridized carbons (Fsp3) is 0.435. The van der Waals surface area contributed by atoms with Crippen LogP contribution in [-0.4, -0.2) is 49.7 Å². The maximum atomic E-state index is 13.3. The van der Waals surface area contributed by atoms with Gasteiger partial charge in [0.2, 0.25) is 10.0 Å². The molecule has 2 saturated heterocycles. The van der Waals surface area contributed by atoms with Crippen LogP contribution in [0.3, 0.4) is 0 Å². The van der Waals surface area contributed by atoms with Crippen molar-refractivity contribution in [3.63, 3.8) is 0 Å². The van der Waals surface area contributed by atoms with Crippen LogP contribution in [0, 0.1) is 5.92 Å². The molecule has 0 spiro atoms. The molecule has 0 bridgehead atoms. The van der Waals surface area contributed by atoms with Crippen molar-refractivity contribution in [1.29, 1.82) is 0 Å². The lowest BCUT2D eigenvalue weighted by molar-refractivity contribution is 0.0792. The second kappa shape index (κ2) is 9.08. The first-order valence-corrected chi connectivity index (χ1v) is 12.4. The Bertz CT molecular complexity index is 996. The van der Waals surface area contributed by atoms with Crippen molar-refractivity contribution in [3.05, 3.63) is 64.7 Å². The monoisotopic (exact) mass is 446 g/mol. The van der Waals surface area contributed by atoms with Crippen molar-refractivity contribution in [2.75, 3.05) is 26.2 Å². The number of hydrogen-bond donors (Lipinski definition) is 0. The van der Waals surface area contributed by atoms with E-state index in [0.717, 1.165) is 45.2 Å². The number of likely N-dealkylation sites (tertiary alicyclic amines) is 1. The smallest absolute Gasteiger partial charge is 0.253 e. The molecular formula is C23H27ClN2O3S. The summed E-state index contributed by atoms with van der Waals surface area (Å²) in [6.45, 7) is 2.39. The molecule has 0 saturated carbocycles. The predicted octanol–water partition coefficient (Wildman–Crippen LogP) is 4.22. The molecule has 2 fully saturated rings. The molecule has 2 aromatic carbocycles. The third-order valence-corrected chi connectivity index (χ3v) is 8.51. The highest BCUT2D eigenvalue weighted by molar-refractivity contribution is 7.89. The summed E-state index contributed by atoms with van der Waals surface area (Å²) >= 11 is 6.27. The Balaban J connectivity index is 1.47. The Kier molecular flexibility index (Phi) is 6.46. The van der Waals surface area contributed by atoms with Crippen LogP contribution in [0.1, 0.15) is 41.6 Å². The van der Waals surface area contributed by atoms with Crippen LogP contribution in [0.15, 0.2) is 53.4 Å². The zero-order valence-corrected chi connectivity index (χ0v) is 18.5. The minimum atomic E-state index is -3.74. The van der Waals surface area contributed by atoms with E-state index in [4.69, 9.17) is 11.6 Å². The largest absolute Gasteiger partial charge is 0.339 e. The van der Waals surface area contributed by atoms with Crippen molar-refractivity contribution in [2.45, 2.75) is 37.0 Å². The lowest BCUT2D eigenvalue weighted by Gasteiger charge is -2.31. The van der Waals surface area contributed by atoms with Gasteiger partial charge in [0, 0.05) is 31.7 Å². The second-order valence-corrected chi connectivity index (χ2v) is 10.5. The zero-order chi connectivity index (χ0) is 21.1. The van der Waals surface area contributed by atoms with Crippen molar-refractivity contribution in [3.8, 4) is 0 Å². The molecule has 0 atom stereocenters. The molecule has 30 heavy (non-hydrogen) atoms. The van der Waals surface area contributed by atoms with E-state index in [1.54, 1.807) is 11.0 Å². The quantitative estimate of drug-likeness (QED) is 0.690. The number of benzene rings is 2. The van der Waals surface area contributed by atoms with Crippen molar-refractivity contribution in [2.24, 2.45) is 5.92 Å². The molecule has 2 aliphatic heterocycles. The van der Waals surface area contributed by atoms with Crippen LogP contribution < -0.4 is 0 Å². The fourth-order valence-corrected chi connectivity index (χ4v) is 6.35. The third kappa shape index (κ3) is 4.56. The number of carbonyl (C=O) groups excluding carboxylic acids is 1. The van der Waals surface area contributed by atoms with Gasteiger partial charge in [-0.25, -0.2) is 8.42 Å². The first-order chi connectivity index (χ1) is 14.4. The Labute approximate surface area is 183 Å². The van der Waals surface area contributed by atoms with Crippen LogP contribution in [0.25, 0.3) is 0 Å². The molecule has 0 radical (unpaired) electrons.